The molecule has 0 spiro atoms. The van der Waals surface area contributed by atoms with Crippen LogP contribution in [0.4, 0.5) is 0 Å². The highest BCUT2D eigenvalue weighted by atomic mass is 35.5. The van der Waals surface area contributed by atoms with E-state index in [1.165, 1.54) is 21.8 Å². The van der Waals surface area contributed by atoms with Crippen molar-refractivity contribution < 1.29 is 9.53 Å². The minimum absolute atomic E-state index is 0.0826. The van der Waals surface area contributed by atoms with Crippen LogP contribution < -0.4 is 5.56 Å². The van der Waals surface area contributed by atoms with Gasteiger partial charge in [0.05, 0.1) is 5.69 Å². The first-order valence-electron chi connectivity index (χ1n) is 7.30. The quantitative estimate of drug-likeness (QED) is 0.515. The minimum Gasteiger partial charge on any atom is -0.454 e. The fourth-order valence-electron chi connectivity index (χ4n) is 2.53. The minimum atomic E-state index is -0.623. The Bertz CT molecular complexity index is 1180. The summed E-state index contributed by atoms with van der Waals surface area (Å²) >= 11 is 7.38. The maximum atomic E-state index is 12.4. The molecule has 0 amide bonds. The molecule has 0 saturated carbocycles. The van der Waals surface area contributed by atoms with Crippen molar-refractivity contribution in [2.75, 3.05) is 0 Å². The van der Waals surface area contributed by atoms with Crippen LogP contribution >= 0.6 is 22.9 Å². The summed E-state index contributed by atoms with van der Waals surface area (Å²) < 4.78 is 8.30. The van der Waals surface area contributed by atoms with Gasteiger partial charge in [0.1, 0.15) is 12.3 Å². The normalized spacial score (nSPS) is 11.3. The molecule has 0 atom stereocenters. The Balaban J connectivity index is 1.63. The number of carbonyl (C=O) groups is 1. The third-order valence-corrected chi connectivity index (χ3v) is 4.72. The molecule has 0 radical (unpaired) electrons. The van der Waals surface area contributed by atoms with Crippen LogP contribution in [0.15, 0.2) is 40.8 Å². The van der Waals surface area contributed by atoms with Gasteiger partial charge in [-0.2, -0.15) is 0 Å². The zero-order valence-corrected chi connectivity index (χ0v) is 14.5. The Morgan fingerprint density at radius 1 is 1.32 bits per heavy atom. The molecule has 7 nitrogen and oxygen atoms in total. The Morgan fingerprint density at radius 2 is 2.16 bits per heavy atom. The van der Waals surface area contributed by atoms with Crippen LogP contribution in [0.1, 0.15) is 21.7 Å². The number of thiazole rings is 1. The molecular formula is C16H11ClN4O3S. The number of ether oxygens (including phenoxy) is 1. The molecule has 0 aliphatic rings. The number of nitrogens with zero attached hydrogens (tertiary/aromatic N) is 4. The van der Waals surface area contributed by atoms with E-state index in [-0.39, 0.29) is 23.0 Å². The lowest BCUT2D eigenvalue weighted by Gasteiger charge is -2.07. The van der Waals surface area contributed by atoms with Gasteiger partial charge in [-0.1, -0.05) is 17.7 Å². The van der Waals surface area contributed by atoms with Crippen molar-refractivity contribution in [1.82, 2.24) is 18.8 Å². The van der Waals surface area contributed by atoms with Gasteiger partial charge in [-0.3, -0.25) is 13.6 Å². The van der Waals surface area contributed by atoms with Crippen LogP contribution in [-0.2, 0) is 11.3 Å². The van der Waals surface area contributed by atoms with Crippen molar-refractivity contribution in [3.05, 3.63) is 68.4 Å². The largest absolute Gasteiger partial charge is 0.454 e. The van der Waals surface area contributed by atoms with Crippen molar-refractivity contribution in [2.24, 2.45) is 0 Å². The maximum absolute atomic E-state index is 12.4. The van der Waals surface area contributed by atoms with Crippen LogP contribution in [0.2, 0.25) is 5.15 Å². The van der Waals surface area contributed by atoms with Gasteiger partial charge in [0.2, 0.25) is 0 Å². The first-order chi connectivity index (χ1) is 12.0. The molecule has 4 aromatic heterocycles. The number of imidazole rings is 1. The van der Waals surface area contributed by atoms with Gasteiger partial charge in [-0.15, -0.1) is 11.3 Å². The molecule has 4 rings (SSSR count). The molecule has 0 aliphatic heterocycles. The molecule has 4 heterocycles. The SMILES string of the molecule is Cc1cccn2c(=O)cc(COC(=O)c3c(Cl)nc4sccn34)nc12. The van der Waals surface area contributed by atoms with Gasteiger partial charge in [-0.05, 0) is 18.6 Å². The Hall–Kier alpha value is -2.71. The first-order valence-corrected chi connectivity index (χ1v) is 8.56. The van der Waals surface area contributed by atoms with Crippen LogP contribution in [0, 0.1) is 6.92 Å². The molecule has 0 unspecified atom stereocenters. The molecule has 0 saturated heterocycles. The number of aromatic nitrogens is 4. The summed E-state index contributed by atoms with van der Waals surface area (Å²) in [4.78, 5) is 33.6. The van der Waals surface area contributed by atoms with Crippen molar-refractivity contribution in [3.63, 3.8) is 0 Å². The summed E-state index contributed by atoms with van der Waals surface area (Å²) in [7, 11) is 0. The highest BCUT2D eigenvalue weighted by Gasteiger charge is 2.20. The van der Waals surface area contributed by atoms with Gasteiger partial charge < -0.3 is 4.74 Å². The molecular weight excluding hydrogens is 364 g/mol. The van der Waals surface area contributed by atoms with E-state index in [0.29, 0.717) is 16.3 Å². The number of carbonyl (C=O) groups excluding carboxylic acids is 1. The molecule has 25 heavy (non-hydrogen) atoms. The topological polar surface area (TPSA) is 78.0 Å². The standard InChI is InChI=1S/C16H11ClN4O3S/c1-9-3-2-4-20-11(22)7-10(18-14(9)20)8-24-15(23)12-13(17)19-16-21(12)5-6-25-16/h2-7H,8H2,1H3. The highest BCUT2D eigenvalue weighted by molar-refractivity contribution is 7.15. The van der Waals surface area contributed by atoms with Gasteiger partial charge in [0, 0.05) is 23.8 Å². The molecule has 0 N–H and O–H groups in total. The summed E-state index contributed by atoms with van der Waals surface area (Å²) in [5.41, 5.74) is 1.68. The molecule has 4 aromatic rings. The summed E-state index contributed by atoms with van der Waals surface area (Å²) in [6, 6.07) is 4.98. The zero-order valence-electron chi connectivity index (χ0n) is 13.0. The Kier molecular flexibility index (Phi) is 3.78. The number of aryl methyl sites for hydroxylation is 1. The van der Waals surface area contributed by atoms with Crippen molar-refractivity contribution in [2.45, 2.75) is 13.5 Å². The lowest BCUT2D eigenvalue weighted by molar-refractivity contribution is 0.0460. The smallest absolute Gasteiger partial charge is 0.359 e. The van der Waals surface area contributed by atoms with E-state index >= 15 is 0 Å². The Morgan fingerprint density at radius 3 is 3.00 bits per heavy atom. The third kappa shape index (κ3) is 2.69. The van der Waals surface area contributed by atoms with E-state index in [9.17, 15) is 9.59 Å². The molecule has 0 aliphatic carbocycles. The predicted molar refractivity (Wildman–Crippen MR) is 93.4 cm³/mol. The number of halogens is 1. The van der Waals surface area contributed by atoms with E-state index in [2.05, 4.69) is 9.97 Å². The summed E-state index contributed by atoms with van der Waals surface area (Å²) in [6.45, 7) is 1.73. The molecule has 0 aromatic carbocycles. The number of hydrogen-bond donors (Lipinski definition) is 0. The van der Waals surface area contributed by atoms with Gasteiger partial charge in [0.15, 0.2) is 15.8 Å². The number of fused-ring (bicyclic) bond motifs is 2. The molecule has 126 valence electrons. The van der Waals surface area contributed by atoms with Crippen LogP contribution in [-0.4, -0.2) is 24.7 Å². The monoisotopic (exact) mass is 374 g/mol. The third-order valence-electron chi connectivity index (χ3n) is 3.70. The van der Waals surface area contributed by atoms with E-state index < -0.39 is 5.97 Å². The second-order valence-corrected chi connectivity index (χ2v) is 6.58. The van der Waals surface area contributed by atoms with Crippen molar-refractivity contribution >= 4 is 39.5 Å². The van der Waals surface area contributed by atoms with Crippen LogP contribution in [0.5, 0.6) is 0 Å². The summed E-state index contributed by atoms with van der Waals surface area (Å²) in [6.07, 6.45) is 3.34. The second kappa shape index (κ2) is 5.98. The lowest BCUT2D eigenvalue weighted by atomic mass is 10.3. The van der Waals surface area contributed by atoms with E-state index in [1.54, 1.807) is 28.2 Å². The van der Waals surface area contributed by atoms with E-state index in [0.717, 1.165) is 5.56 Å². The van der Waals surface area contributed by atoms with Crippen molar-refractivity contribution in [3.8, 4) is 0 Å². The first kappa shape index (κ1) is 15.8. The van der Waals surface area contributed by atoms with Crippen LogP contribution in [0.25, 0.3) is 10.6 Å². The van der Waals surface area contributed by atoms with E-state index in [4.69, 9.17) is 16.3 Å². The fraction of sp³-hybridized carbons (Fsp3) is 0.125. The van der Waals surface area contributed by atoms with Gasteiger partial charge in [0.25, 0.3) is 5.56 Å². The summed E-state index contributed by atoms with van der Waals surface area (Å²) in [5.74, 6) is -0.623. The molecule has 9 heteroatoms. The van der Waals surface area contributed by atoms with Gasteiger partial charge >= 0.3 is 5.97 Å². The number of pyridine rings is 1. The zero-order chi connectivity index (χ0) is 17.6. The lowest BCUT2D eigenvalue weighted by Crippen LogP contribution is -2.17. The number of esters is 1. The Labute approximate surface area is 150 Å². The van der Waals surface area contributed by atoms with Gasteiger partial charge in [-0.25, -0.2) is 14.8 Å². The van der Waals surface area contributed by atoms with Crippen LogP contribution in [0.3, 0.4) is 0 Å². The molecule has 0 fully saturated rings. The van der Waals surface area contributed by atoms with Crippen molar-refractivity contribution in [1.29, 1.82) is 0 Å². The highest BCUT2D eigenvalue weighted by Crippen LogP contribution is 2.22. The predicted octanol–water partition coefficient (Wildman–Crippen LogP) is 2.72. The maximum Gasteiger partial charge on any atom is 0.359 e. The number of hydrogen-bond acceptors (Lipinski definition) is 6. The second-order valence-electron chi connectivity index (χ2n) is 5.35. The van der Waals surface area contributed by atoms with E-state index in [1.807, 2.05) is 13.0 Å². The fourth-order valence-corrected chi connectivity index (χ4v) is 3.54. The average Bonchev–Trinajstić information content (AvgIpc) is 3.13. The molecule has 0 bridgehead atoms. The number of rotatable bonds is 3. The summed E-state index contributed by atoms with van der Waals surface area (Å²) in [5, 5.41) is 1.88. The average molecular weight is 375 g/mol.